The average Bonchev–Trinajstić information content (AvgIpc) is 3.90. The molecule has 8 rings (SSSR count). The third kappa shape index (κ3) is 12.6. The summed E-state index contributed by atoms with van der Waals surface area (Å²) in [5.41, 5.74) is 5.46. The van der Waals surface area contributed by atoms with E-state index < -0.39 is 20.0 Å². The first-order chi connectivity index (χ1) is 33.6. The molecule has 4 heterocycles. The van der Waals surface area contributed by atoms with Crippen LogP contribution in [0.4, 0.5) is 21.6 Å². The van der Waals surface area contributed by atoms with Crippen molar-refractivity contribution in [2.75, 3.05) is 34.3 Å². The van der Waals surface area contributed by atoms with Crippen molar-refractivity contribution >= 4 is 64.4 Å². The molecule has 2 aliphatic carbocycles. The van der Waals surface area contributed by atoms with Crippen LogP contribution in [0, 0.1) is 46.5 Å². The Morgan fingerprint density at radius 2 is 0.986 bits per heavy atom. The minimum Gasteiger partial charge on any atom is -0.495 e. The highest BCUT2D eigenvalue weighted by Crippen LogP contribution is 2.42. The zero-order chi connectivity index (χ0) is 51.3. The van der Waals surface area contributed by atoms with E-state index in [-0.39, 0.29) is 32.4 Å². The van der Waals surface area contributed by atoms with Gasteiger partial charge >= 0.3 is 0 Å². The first-order valence-electron chi connectivity index (χ1n) is 24.1. The van der Waals surface area contributed by atoms with Gasteiger partial charge in [-0.15, -0.1) is 0 Å². The summed E-state index contributed by atoms with van der Waals surface area (Å²) in [5.74, 6) is 1.74. The lowest BCUT2D eigenvalue weighted by molar-refractivity contribution is 0.258. The van der Waals surface area contributed by atoms with Crippen LogP contribution in [-0.4, -0.2) is 72.0 Å². The number of anilines is 4. The van der Waals surface area contributed by atoms with E-state index >= 15 is 0 Å². The molecule has 382 valence electrons. The van der Waals surface area contributed by atoms with Crippen LogP contribution in [0.3, 0.4) is 0 Å². The van der Waals surface area contributed by atoms with Gasteiger partial charge in [0.2, 0.25) is 0 Å². The van der Waals surface area contributed by atoms with Gasteiger partial charge in [0.25, 0.3) is 20.0 Å². The lowest BCUT2D eigenvalue weighted by Crippen LogP contribution is -2.40. The topological polar surface area (TPSA) is 212 Å². The molecular formula is C51H68N10O6S4. The molecule has 0 unspecified atom stereocenters. The molecule has 0 aliphatic heterocycles. The molecule has 0 atom stereocenters. The minimum atomic E-state index is -3.97. The van der Waals surface area contributed by atoms with Gasteiger partial charge in [-0.2, -0.15) is 0 Å². The van der Waals surface area contributed by atoms with E-state index in [1.165, 1.54) is 97.3 Å². The number of nitrogens with zero attached hydrogens (tertiary/aromatic N) is 6. The fourth-order valence-corrected chi connectivity index (χ4v) is 14.4. The lowest BCUT2D eigenvalue weighted by atomic mass is 9.77. The van der Waals surface area contributed by atoms with Crippen LogP contribution in [0.5, 0.6) is 11.5 Å². The van der Waals surface area contributed by atoms with Crippen molar-refractivity contribution in [2.24, 2.45) is 11.8 Å². The van der Waals surface area contributed by atoms with Crippen LogP contribution in [-0.2, 0) is 20.0 Å². The second-order valence-electron chi connectivity index (χ2n) is 19.6. The number of ether oxygens (including phenoxy) is 2. The molecule has 20 heteroatoms. The second kappa shape index (κ2) is 22.1. The standard InChI is InChI=1S/C26H35N5O3S2.C25H33N5O3S2/c1-16-23(17(2)28-15-27-16)31-36(32,33)22-14-19(12-13-21(22)34-6)24-18(3)29-25(35-24)30-26(4,5)20-10-8-7-9-11-20;1-16-20(14-26-15-27-16)30-35(31,32)22-13-18(11-12-21(22)33-5)23-17(2)28-24(34-23)29-25(3,4)19-9-7-6-8-10-19/h12-15,20,31H,7-11H2,1-6H3,(H,29,30);11-15,19,30H,6-10H2,1-5H3,(H,28,29). The van der Waals surface area contributed by atoms with Gasteiger partial charge in [0.15, 0.2) is 10.3 Å². The van der Waals surface area contributed by atoms with Crippen LogP contribution in [0.2, 0.25) is 0 Å². The molecule has 0 bridgehead atoms. The Hall–Kier alpha value is -5.44. The zero-order valence-corrected chi connectivity index (χ0v) is 46.0. The number of sulfonamides is 2. The van der Waals surface area contributed by atoms with E-state index in [9.17, 15) is 16.8 Å². The van der Waals surface area contributed by atoms with E-state index in [1.807, 2.05) is 26.0 Å². The van der Waals surface area contributed by atoms with Gasteiger partial charge < -0.3 is 20.1 Å². The molecule has 71 heavy (non-hydrogen) atoms. The maximum Gasteiger partial charge on any atom is 0.265 e. The molecule has 0 spiro atoms. The minimum absolute atomic E-state index is 0.0468. The number of aromatic nitrogens is 6. The zero-order valence-electron chi connectivity index (χ0n) is 42.7. The predicted octanol–water partition coefficient (Wildman–Crippen LogP) is 11.9. The van der Waals surface area contributed by atoms with Crippen LogP contribution >= 0.6 is 22.7 Å². The van der Waals surface area contributed by atoms with Crippen molar-refractivity contribution in [3.8, 4) is 32.4 Å². The number of methoxy groups -OCH3 is 2. The highest BCUT2D eigenvalue weighted by atomic mass is 32.2. The Bertz CT molecular complexity index is 3030. The number of aryl methyl sites for hydroxylation is 5. The lowest BCUT2D eigenvalue weighted by Gasteiger charge is -2.37. The molecule has 4 N–H and O–H groups in total. The van der Waals surface area contributed by atoms with Crippen LogP contribution in [0.25, 0.3) is 20.9 Å². The largest absolute Gasteiger partial charge is 0.495 e. The summed E-state index contributed by atoms with van der Waals surface area (Å²) in [4.78, 5) is 27.7. The van der Waals surface area contributed by atoms with Crippen LogP contribution in [0.15, 0.2) is 65.0 Å². The normalized spacial score (nSPS) is 15.1. The van der Waals surface area contributed by atoms with Gasteiger partial charge in [0.05, 0.1) is 70.0 Å². The van der Waals surface area contributed by atoms with Crippen molar-refractivity contribution in [2.45, 2.75) is 147 Å². The maximum atomic E-state index is 13.5. The van der Waals surface area contributed by atoms with Gasteiger partial charge in [0, 0.05) is 11.1 Å². The van der Waals surface area contributed by atoms with Crippen LogP contribution < -0.4 is 29.6 Å². The number of rotatable bonds is 16. The monoisotopic (exact) mass is 1040 g/mol. The van der Waals surface area contributed by atoms with Crippen molar-refractivity contribution in [1.29, 1.82) is 0 Å². The average molecular weight is 1050 g/mol. The van der Waals surface area contributed by atoms with E-state index in [0.717, 1.165) is 42.5 Å². The van der Waals surface area contributed by atoms with Crippen LogP contribution in [0.1, 0.15) is 120 Å². The highest BCUT2D eigenvalue weighted by molar-refractivity contribution is 7.93. The molecule has 0 radical (unpaired) electrons. The molecule has 2 saturated carbocycles. The molecule has 2 aromatic carbocycles. The van der Waals surface area contributed by atoms with Gasteiger partial charge in [-0.3, -0.25) is 9.44 Å². The highest BCUT2D eigenvalue weighted by Gasteiger charge is 2.33. The van der Waals surface area contributed by atoms with E-state index in [1.54, 1.807) is 67.7 Å². The SMILES string of the molecule is COc1ccc(-c2sc(NC(C)(C)C3CCCCC3)nc2C)cc1S(=O)(=O)Nc1c(C)ncnc1C.COc1ccc(-c2sc(NC(C)(C)C3CCCCC3)nc2C)cc1S(=O)(=O)Nc1cncnc1C. The molecule has 0 saturated heterocycles. The van der Waals surface area contributed by atoms with Gasteiger partial charge in [-0.25, -0.2) is 46.7 Å². The van der Waals surface area contributed by atoms with Gasteiger partial charge in [-0.05, 0) is 147 Å². The van der Waals surface area contributed by atoms with E-state index in [2.05, 4.69) is 67.7 Å². The van der Waals surface area contributed by atoms with E-state index in [0.29, 0.717) is 40.3 Å². The molecule has 16 nitrogen and oxygen atoms in total. The molecule has 4 aromatic heterocycles. The molecule has 2 fully saturated rings. The van der Waals surface area contributed by atoms with Crippen molar-refractivity contribution in [1.82, 2.24) is 29.9 Å². The first kappa shape index (κ1) is 53.4. The Labute approximate surface area is 427 Å². The molecule has 2 aliphatic rings. The summed E-state index contributed by atoms with van der Waals surface area (Å²) in [6, 6.07) is 10.4. The maximum absolute atomic E-state index is 13.5. The Kier molecular flexibility index (Phi) is 16.6. The molecule has 6 aromatic rings. The summed E-state index contributed by atoms with van der Waals surface area (Å²) in [5, 5.41) is 9.03. The molecular weight excluding hydrogens is 977 g/mol. The number of hydrogen-bond donors (Lipinski definition) is 4. The van der Waals surface area contributed by atoms with Crippen molar-refractivity contribution in [3.05, 3.63) is 83.7 Å². The van der Waals surface area contributed by atoms with Crippen molar-refractivity contribution in [3.63, 3.8) is 0 Å². The smallest absolute Gasteiger partial charge is 0.265 e. The quantitative estimate of drug-likeness (QED) is 0.0710. The summed E-state index contributed by atoms with van der Waals surface area (Å²) in [6.07, 6.45) is 16.9. The second-order valence-corrected chi connectivity index (χ2v) is 24.9. The summed E-state index contributed by atoms with van der Waals surface area (Å²) < 4.78 is 69.5. The van der Waals surface area contributed by atoms with Gasteiger partial charge in [-0.1, -0.05) is 61.2 Å². The van der Waals surface area contributed by atoms with Crippen molar-refractivity contribution < 1.29 is 26.3 Å². The fourth-order valence-electron chi connectivity index (χ4n) is 9.52. The number of hydrogen-bond acceptors (Lipinski definition) is 16. The number of thiazole rings is 2. The summed E-state index contributed by atoms with van der Waals surface area (Å²) in [7, 11) is -4.99. The third-order valence-electron chi connectivity index (χ3n) is 13.8. The number of benzene rings is 2. The van der Waals surface area contributed by atoms with E-state index in [4.69, 9.17) is 19.4 Å². The molecule has 0 amide bonds. The Morgan fingerprint density at radius 3 is 1.41 bits per heavy atom. The number of nitrogens with one attached hydrogen (secondary N) is 4. The Balaban J connectivity index is 0.000000209. The predicted molar refractivity (Wildman–Crippen MR) is 286 cm³/mol. The Morgan fingerprint density at radius 1 is 0.563 bits per heavy atom. The third-order valence-corrected chi connectivity index (χ3v) is 18.8. The first-order valence-corrected chi connectivity index (χ1v) is 28.7. The summed E-state index contributed by atoms with van der Waals surface area (Å²) in [6.45, 7) is 18.1. The summed E-state index contributed by atoms with van der Waals surface area (Å²) >= 11 is 3.09. The fraction of sp³-hybridized carbons (Fsp3) is 0.490. The van der Waals surface area contributed by atoms with Gasteiger partial charge in [0.1, 0.15) is 33.9 Å².